The molecule has 2 atom stereocenters. The van der Waals surface area contributed by atoms with E-state index in [9.17, 15) is 0 Å². The minimum Gasteiger partial charge on any atom is -0.444 e. The van der Waals surface area contributed by atoms with Gasteiger partial charge in [0.2, 0.25) is 5.89 Å². The van der Waals surface area contributed by atoms with Crippen LogP contribution in [0, 0.1) is 6.92 Å². The number of oxazole rings is 1. The Morgan fingerprint density at radius 2 is 1.89 bits per heavy atom. The maximum absolute atomic E-state index is 5.61. The van der Waals surface area contributed by atoms with E-state index in [2.05, 4.69) is 70.0 Å². The fraction of sp³-hybridized carbons (Fsp3) is 0.273. The Morgan fingerprint density at radius 1 is 1.14 bits per heavy atom. The van der Waals surface area contributed by atoms with Gasteiger partial charge in [0.1, 0.15) is 6.26 Å². The zero-order valence-electron chi connectivity index (χ0n) is 16.1. The zero-order chi connectivity index (χ0) is 18.6. The summed E-state index contributed by atoms with van der Waals surface area (Å²) >= 11 is 0. The lowest BCUT2D eigenvalue weighted by molar-refractivity contribution is 0.572. The van der Waals surface area contributed by atoms with Crippen molar-refractivity contribution in [3.8, 4) is 11.5 Å². The number of hydrogen-bond donors (Lipinski definition) is 2. The van der Waals surface area contributed by atoms with E-state index in [0.29, 0.717) is 24.4 Å². The van der Waals surface area contributed by atoms with Gasteiger partial charge < -0.3 is 15.1 Å². The van der Waals surface area contributed by atoms with Crippen molar-refractivity contribution in [2.45, 2.75) is 31.8 Å². The monoisotopic (exact) mass is 488 g/mol. The second-order valence-corrected chi connectivity index (χ2v) is 6.94. The Labute approximate surface area is 182 Å². The van der Waals surface area contributed by atoms with Gasteiger partial charge in [-0.3, -0.25) is 4.99 Å². The van der Waals surface area contributed by atoms with Crippen molar-refractivity contribution < 1.29 is 4.42 Å². The predicted octanol–water partition coefficient (Wildman–Crippen LogP) is 4.49. The average molecular weight is 488 g/mol. The lowest BCUT2D eigenvalue weighted by Crippen LogP contribution is -2.38. The molecule has 0 spiro atoms. The van der Waals surface area contributed by atoms with Gasteiger partial charge in [0.05, 0.1) is 12.2 Å². The normalized spacial score (nSPS) is 18.3. The standard InChI is InChI=1S/C22H24N4O.HI/c1-15-8-10-17(11-9-15)21-25-18(14-27-21)13-24-22(23-2)26-20-12-19(20)16-6-4-3-5-7-16;/h3-11,14,19-20H,12-13H2,1-2H3,(H2,23,24,26);1H. The summed E-state index contributed by atoms with van der Waals surface area (Å²) in [4.78, 5) is 8.88. The molecule has 2 unspecified atom stereocenters. The van der Waals surface area contributed by atoms with E-state index in [1.165, 1.54) is 11.1 Å². The van der Waals surface area contributed by atoms with Crippen LogP contribution in [0.1, 0.15) is 29.2 Å². The topological polar surface area (TPSA) is 62.5 Å². The first-order valence-electron chi connectivity index (χ1n) is 9.26. The van der Waals surface area contributed by atoms with Gasteiger partial charge in [-0.25, -0.2) is 4.98 Å². The molecule has 1 saturated carbocycles. The molecule has 2 N–H and O–H groups in total. The van der Waals surface area contributed by atoms with Crippen LogP contribution < -0.4 is 10.6 Å². The van der Waals surface area contributed by atoms with E-state index in [1.54, 1.807) is 13.3 Å². The summed E-state index contributed by atoms with van der Waals surface area (Å²) in [6, 6.07) is 19.2. The molecule has 1 aliphatic rings. The number of aryl methyl sites for hydroxylation is 1. The van der Waals surface area contributed by atoms with Crippen LogP contribution in [0.5, 0.6) is 0 Å². The molecule has 0 aliphatic heterocycles. The number of nitrogens with zero attached hydrogens (tertiary/aromatic N) is 2. The smallest absolute Gasteiger partial charge is 0.226 e. The number of halogens is 1. The van der Waals surface area contributed by atoms with Gasteiger partial charge in [0, 0.05) is 24.6 Å². The van der Waals surface area contributed by atoms with Crippen molar-refractivity contribution in [2.75, 3.05) is 7.05 Å². The predicted molar refractivity (Wildman–Crippen MR) is 123 cm³/mol. The lowest BCUT2D eigenvalue weighted by Gasteiger charge is -2.10. The first-order chi connectivity index (χ1) is 13.2. The molecule has 0 radical (unpaired) electrons. The van der Waals surface area contributed by atoms with E-state index >= 15 is 0 Å². The van der Waals surface area contributed by atoms with E-state index in [0.717, 1.165) is 23.6 Å². The number of nitrogens with one attached hydrogen (secondary N) is 2. The quantitative estimate of drug-likeness (QED) is 0.316. The molecule has 0 bridgehead atoms. The molecule has 28 heavy (non-hydrogen) atoms. The molecule has 1 fully saturated rings. The number of aliphatic imine (C=N–C) groups is 1. The third kappa shape index (κ3) is 4.92. The average Bonchev–Trinajstić information content (AvgIpc) is 3.32. The van der Waals surface area contributed by atoms with Crippen molar-refractivity contribution in [2.24, 2.45) is 4.99 Å². The van der Waals surface area contributed by atoms with Gasteiger partial charge in [-0.15, -0.1) is 24.0 Å². The van der Waals surface area contributed by atoms with Crippen LogP contribution in [0.15, 0.2) is 70.3 Å². The number of guanidine groups is 1. The summed E-state index contributed by atoms with van der Waals surface area (Å²) in [5, 5.41) is 6.80. The lowest BCUT2D eigenvalue weighted by atomic mass is 10.1. The van der Waals surface area contributed by atoms with Crippen LogP contribution in [0.2, 0.25) is 0 Å². The maximum atomic E-state index is 5.61. The summed E-state index contributed by atoms with van der Waals surface area (Å²) in [7, 11) is 1.79. The number of hydrogen-bond acceptors (Lipinski definition) is 3. The highest BCUT2D eigenvalue weighted by Gasteiger charge is 2.38. The Kier molecular flexibility index (Phi) is 6.72. The summed E-state index contributed by atoms with van der Waals surface area (Å²) < 4.78 is 5.61. The summed E-state index contributed by atoms with van der Waals surface area (Å²) in [5.74, 6) is 1.99. The molecule has 0 amide bonds. The van der Waals surface area contributed by atoms with Gasteiger partial charge in [0.25, 0.3) is 0 Å². The molecule has 4 rings (SSSR count). The summed E-state index contributed by atoms with van der Waals surface area (Å²) in [6.07, 6.45) is 2.83. The van der Waals surface area contributed by atoms with E-state index in [4.69, 9.17) is 4.42 Å². The van der Waals surface area contributed by atoms with E-state index in [1.807, 2.05) is 12.1 Å². The van der Waals surface area contributed by atoms with Crippen molar-refractivity contribution in [1.82, 2.24) is 15.6 Å². The largest absolute Gasteiger partial charge is 0.444 e. The molecule has 1 aliphatic carbocycles. The van der Waals surface area contributed by atoms with Crippen molar-refractivity contribution in [1.29, 1.82) is 0 Å². The second kappa shape index (κ2) is 9.23. The zero-order valence-corrected chi connectivity index (χ0v) is 18.4. The molecule has 3 aromatic rings. The highest BCUT2D eigenvalue weighted by atomic mass is 127. The number of benzene rings is 2. The Bertz CT molecular complexity index is 921. The van der Waals surface area contributed by atoms with Crippen LogP contribution in [-0.2, 0) is 6.54 Å². The molecule has 2 aromatic carbocycles. The Balaban J connectivity index is 0.00000225. The van der Waals surface area contributed by atoms with Gasteiger partial charge >= 0.3 is 0 Å². The van der Waals surface area contributed by atoms with Gasteiger partial charge in [-0.2, -0.15) is 0 Å². The van der Waals surface area contributed by atoms with Gasteiger partial charge in [-0.05, 0) is 31.0 Å². The molecule has 146 valence electrons. The molecule has 0 saturated heterocycles. The SMILES string of the molecule is CN=C(NCc1coc(-c2ccc(C)cc2)n1)NC1CC1c1ccccc1.I. The molecule has 6 heteroatoms. The molecule has 5 nitrogen and oxygen atoms in total. The second-order valence-electron chi connectivity index (χ2n) is 6.94. The fourth-order valence-corrected chi connectivity index (χ4v) is 3.18. The van der Waals surface area contributed by atoms with Crippen LogP contribution >= 0.6 is 24.0 Å². The number of aromatic nitrogens is 1. The van der Waals surface area contributed by atoms with Gasteiger partial charge in [0.15, 0.2) is 5.96 Å². The minimum absolute atomic E-state index is 0. The molecule has 1 heterocycles. The van der Waals surface area contributed by atoms with Crippen LogP contribution in [0.25, 0.3) is 11.5 Å². The van der Waals surface area contributed by atoms with Crippen LogP contribution in [0.3, 0.4) is 0 Å². The van der Waals surface area contributed by atoms with Gasteiger partial charge in [-0.1, -0.05) is 48.0 Å². The minimum atomic E-state index is 0. The molecule has 1 aromatic heterocycles. The highest BCUT2D eigenvalue weighted by Crippen LogP contribution is 2.40. The fourth-order valence-electron chi connectivity index (χ4n) is 3.18. The van der Waals surface area contributed by atoms with Crippen LogP contribution in [-0.4, -0.2) is 24.0 Å². The van der Waals surface area contributed by atoms with Crippen LogP contribution in [0.4, 0.5) is 0 Å². The molecular weight excluding hydrogens is 463 g/mol. The Morgan fingerprint density at radius 3 is 2.61 bits per heavy atom. The molecular formula is C22H25IN4O. The van der Waals surface area contributed by atoms with Crippen molar-refractivity contribution in [3.63, 3.8) is 0 Å². The summed E-state index contributed by atoms with van der Waals surface area (Å²) in [6.45, 7) is 2.63. The summed E-state index contributed by atoms with van der Waals surface area (Å²) in [5.41, 5.74) is 4.43. The van der Waals surface area contributed by atoms with Crippen molar-refractivity contribution >= 4 is 29.9 Å². The third-order valence-electron chi connectivity index (χ3n) is 4.85. The van der Waals surface area contributed by atoms with Crippen molar-refractivity contribution in [3.05, 3.63) is 77.7 Å². The third-order valence-corrected chi connectivity index (χ3v) is 4.85. The number of rotatable bonds is 5. The first-order valence-corrected chi connectivity index (χ1v) is 9.26. The first kappa shape index (κ1) is 20.4. The maximum Gasteiger partial charge on any atom is 0.226 e. The Hall–Kier alpha value is -2.35. The highest BCUT2D eigenvalue weighted by molar-refractivity contribution is 14.0. The van der Waals surface area contributed by atoms with E-state index in [-0.39, 0.29) is 24.0 Å². The van der Waals surface area contributed by atoms with E-state index < -0.39 is 0 Å².